The van der Waals surface area contributed by atoms with Gasteiger partial charge in [0.25, 0.3) is 0 Å². The summed E-state index contributed by atoms with van der Waals surface area (Å²) in [6.45, 7) is 9.13. The molecule has 2 heterocycles. The molecule has 0 unspecified atom stereocenters. The molecule has 0 aliphatic heterocycles. The van der Waals surface area contributed by atoms with Gasteiger partial charge in [-0.05, 0) is 41.9 Å². The predicted molar refractivity (Wildman–Crippen MR) is 133 cm³/mol. The fourth-order valence-corrected chi connectivity index (χ4v) is 4.77. The zero-order chi connectivity index (χ0) is 22.2. The van der Waals surface area contributed by atoms with E-state index in [4.69, 9.17) is 9.40 Å². The van der Waals surface area contributed by atoms with Crippen LogP contribution in [0.4, 0.5) is 0 Å². The highest BCUT2D eigenvalue weighted by Crippen LogP contribution is 2.40. The third-order valence-electron chi connectivity index (χ3n) is 5.95. The van der Waals surface area contributed by atoms with Crippen molar-refractivity contribution in [1.29, 1.82) is 0 Å². The lowest BCUT2D eigenvalue weighted by Gasteiger charge is -2.18. The molecule has 0 saturated heterocycles. The number of rotatable bonds is 6. The van der Waals surface area contributed by atoms with Crippen LogP contribution in [-0.4, -0.2) is 9.55 Å². The van der Waals surface area contributed by atoms with Gasteiger partial charge in [0, 0.05) is 28.7 Å². The monoisotopic (exact) mass is 422 g/mol. The topological polar surface area (TPSA) is 31.0 Å². The first-order valence-corrected chi connectivity index (χ1v) is 11.6. The number of imidazole rings is 1. The van der Waals surface area contributed by atoms with Crippen LogP contribution >= 0.6 is 0 Å². The Labute approximate surface area is 189 Å². The maximum Gasteiger partial charge on any atom is 0.159 e. The smallest absolute Gasteiger partial charge is 0.159 e. The highest BCUT2D eigenvalue weighted by Gasteiger charge is 2.22. The van der Waals surface area contributed by atoms with Gasteiger partial charge in [0.15, 0.2) is 5.58 Å². The summed E-state index contributed by atoms with van der Waals surface area (Å²) in [5, 5.41) is 2.43. The third-order valence-corrected chi connectivity index (χ3v) is 5.95. The second-order valence-corrected chi connectivity index (χ2v) is 9.53. The maximum atomic E-state index is 6.59. The molecule has 0 N–H and O–H groups in total. The summed E-state index contributed by atoms with van der Waals surface area (Å²) in [4.78, 5) is 4.74. The fourth-order valence-electron chi connectivity index (χ4n) is 4.77. The van der Waals surface area contributed by atoms with E-state index in [0.717, 1.165) is 41.1 Å². The minimum absolute atomic E-state index is 0.533. The summed E-state index contributed by atoms with van der Waals surface area (Å²) in [7, 11) is 0. The SMILES string of the molecule is CC(C)Cc1cc(CC(C)C)c2c(oc3ccccc32)c1-n1ccnc1-c1ccccc1. The minimum atomic E-state index is 0.533. The quantitative estimate of drug-likeness (QED) is 0.279. The Morgan fingerprint density at radius 2 is 1.53 bits per heavy atom. The van der Waals surface area contributed by atoms with Gasteiger partial charge in [-0.3, -0.25) is 4.57 Å². The molecule has 0 saturated carbocycles. The molecule has 0 fully saturated rings. The normalized spacial score (nSPS) is 11.9. The second kappa shape index (κ2) is 8.31. The summed E-state index contributed by atoms with van der Waals surface area (Å²) in [5.74, 6) is 2.04. The van der Waals surface area contributed by atoms with Crippen molar-refractivity contribution in [1.82, 2.24) is 9.55 Å². The average Bonchev–Trinajstić information content (AvgIpc) is 3.39. The van der Waals surface area contributed by atoms with E-state index in [1.54, 1.807) is 0 Å². The molecule has 3 heteroatoms. The largest absolute Gasteiger partial charge is 0.454 e. The summed E-state index contributed by atoms with van der Waals surface area (Å²) >= 11 is 0. The van der Waals surface area contributed by atoms with E-state index >= 15 is 0 Å². The highest BCUT2D eigenvalue weighted by molar-refractivity contribution is 6.10. The van der Waals surface area contributed by atoms with Crippen molar-refractivity contribution in [2.45, 2.75) is 40.5 Å². The van der Waals surface area contributed by atoms with Gasteiger partial charge in [0.1, 0.15) is 11.4 Å². The molecular formula is C29H30N2O. The van der Waals surface area contributed by atoms with Crippen LogP contribution in [0.1, 0.15) is 38.8 Å². The van der Waals surface area contributed by atoms with Crippen LogP contribution in [0.3, 0.4) is 0 Å². The van der Waals surface area contributed by atoms with Crippen LogP contribution in [0.15, 0.2) is 77.5 Å². The summed E-state index contributed by atoms with van der Waals surface area (Å²) < 4.78 is 8.81. The van der Waals surface area contributed by atoms with Crippen LogP contribution in [0, 0.1) is 11.8 Å². The van der Waals surface area contributed by atoms with E-state index in [-0.39, 0.29) is 0 Å². The zero-order valence-electron chi connectivity index (χ0n) is 19.3. The van der Waals surface area contributed by atoms with E-state index in [0.29, 0.717) is 11.8 Å². The van der Waals surface area contributed by atoms with E-state index in [1.807, 2.05) is 18.3 Å². The van der Waals surface area contributed by atoms with Gasteiger partial charge in [-0.15, -0.1) is 0 Å². The Balaban J connectivity index is 1.87. The molecule has 162 valence electrons. The molecule has 0 radical (unpaired) electrons. The average molecular weight is 423 g/mol. The molecule has 0 bridgehead atoms. The van der Waals surface area contributed by atoms with Gasteiger partial charge in [-0.2, -0.15) is 0 Å². The van der Waals surface area contributed by atoms with Gasteiger partial charge < -0.3 is 4.42 Å². The molecule has 3 aromatic carbocycles. The number of para-hydroxylation sites is 1. The number of nitrogens with zero attached hydrogens (tertiary/aromatic N) is 2. The van der Waals surface area contributed by atoms with Gasteiger partial charge in [0.2, 0.25) is 0 Å². The maximum absolute atomic E-state index is 6.59. The Hall–Kier alpha value is -3.33. The van der Waals surface area contributed by atoms with Crippen LogP contribution < -0.4 is 0 Å². The molecule has 0 aliphatic carbocycles. The van der Waals surface area contributed by atoms with Crippen molar-refractivity contribution in [2.75, 3.05) is 0 Å². The van der Waals surface area contributed by atoms with Gasteiger partial charge in [-0.1, -0.05) is 82.3 Å². The number of aromatic nitrogens is 2. The van der Waals surface area contributed by atoms with E-state index in [9.17, 15) is 0 Å². The Morgan fingerprint density at radius 3 is 2.28 bits per heavy atom. The Morgan fingerprint density at radius 1 is 0.844 bits per heavy atom. The van der Waals surface area contributed by atoms with Gasteiger partial charge in [0.05, 0.1) is 5.69 Å². The first-order chi connectivity index (χ1) is 15.5. The Bertz CT molecular complexity index is 1370. The molecule has 5 rings (SSSR count). The molecule has 3 nitrogen and oxygen atoms in total. The highest BCUT2D eigenvalue weighted by atomic mass is 16.3. The van der Waals surface area contributed by atoms with Crippen molar-refractivity contribution < 1.29 is 4.42 Å². The minimum Gasteiger partial charge on any atom is -0.454 e. The molecule has 0 amide bonds. The summed E-state index contributed by atoms with van der Waals surface area (Å²) in [5.41, 5.74) is 6.82. The van der Waals surface area contributed by atoms with E-state index < -0.39 is 0 Å². The number of furan rings is 1. The van der Waals surface area contributed by atoms with E-state index in [1.165, 1.54) is 21.9 Å². The lowest BCUT2D eigenvalue weighted by molar-refractivity contribution is 0.629. The number of hydrogen-bond donors (Lipinski definition) is 0. The predicted octanol–water partition coefficient (Wildman–Crippen LogP) is 7.84. The number of fused-ring (bicyclic) bond motifs is 3. The lowest BCUT2D eigenvalue weighted by Crippen LogP contribution is -2.07. The summed E-state index contributed by atoms with van der Waals surface area (Å²) in [6, 6.07) is 21.2. The van der Waals surface area contributed by atoms with Crippen molar-refractivity contribution in [2.24, 2.45) is 11.8 Å². The van der Waals surface area contributed by atoms with Crippen LogP contribution in [0.25, 0.3) is 39.0 Å². The molecular weight excluding hydrogens is 392 g/mol. The fraction of sp³-hybridized carbons (Fsp3) is 0.276. The van der Waals surface area contributed by atoms with Crippen LogP contribution in [0.2, 0.25) is 0 Å². The third kappa shape index (κ3) is 3.62. The molecule has 0 atom stereocenters. The first kappa shape index (κ1) is 20.6. The molecule has 5 aromatic rings. The van der Waals surface area contributed by atoms with Gasteiger partial charge >= 0.3 is 0 Å². The molecule has 2 aromatic heterocycles. The second-order valence-electron chi connectivity index (χ2n) is 9.53. The number of benzene rings is 3. The van der Waals surface area contributed by atoms with Crippen molar-refractivity contribution >= 4 is 21.9 Å². The molecule has 32 heavy (non-hydrogen) atoms. The van der Waals surface area contributed by atoms with Crippen LogP contribution in [-0.2, 0) is 12.8 Å². The molecule has 0 aliphatic rings. The first-order valence-electron chi connectivity index (χ1n) is 11.6. The van der Waals surface area contributed by atoms with Gasteiger partial charge in [-0.25, -0.2) is 4.98 Å². The standard InChI is InChI=1S/C29H30N2O/c1-19(2)16-22-18-23(17-20(3)4)27(28-26(22)24-12-8-9-13-25(24)32-28)31-15-14-30-29(31)21-10-6-5-7-11-21/h5-15,18-20H,16-17H2,1-4H3. The number of hydrogen-bond acceptors (Lipinski definition) is 2. The van der Waals surface area contributed by atoms with Crippen molar-refractivity contribution in [3.8, 4) is 17.1 Å². The Kier molecular flexibility index (Phi) is 5.34. The van der Waals surface area contributed by atoms with Crippen molar-refractivity contribution in [3.63, 3.8) is 0 Å². The lowest BCUT2D eigenvalue weighted by atomic mass is 9.91. The molecule has 0 spiro atoms. The zero-order valence-corrected chi connectivity index (χ0v) is 19.3. The van der Waals surface area contributed by atoms with E-state index in [2.05, 4.69) is 87.0 Å². The van der Waals surface area contributed by atoms with Crippen molar-refractivity contribution in [3.05, 3.63) is 84.2 Å². The summed E-state index contributed by atoms with van der Waals surface area (Å²) in [6.07, 6.45) is 5.97. The van der Waals surface area contributed by atoms with Crippen LogP contribution in [0.5, 0.6) is 0 Å².